The molecule has 4 nitrogen and oxygen atoms in total. The molecular formula is C35H23N3O. The van der Waals surface area contributed by atoms with Crippen LogP contribution in [0.3, 0.4) is 0 Å². The maximum atomic E-state index is 13.0. The lowest BCUT2D eigenvalue weighted by Crippen LogP contribution is -2.29. The summed E-state index contributed by atoms with van der Waals surface area (Å²) in [6.07, 6.45) is 1.85. The largest absolute Gasteiger partial charge is 0.374 e. The molecule has 5 aromatic carbocycles. The van der Waals surface area contributed by atoms with Gasteiger partial charge in [0.25, 0.3) is 0 Å². The van der Waals surface area contributed by atoms with Crippen molar-refractivity contribution in [3.8, 4) is 28.2 Å². The highest BCUT2D eigenvalue weighted by Crippen LogP contribution is 2.51. The minimum absolute atomic E-state index is 0.593. The van der Waals surface area contributed by atoms with Crippen LogP contribution in [0.15, 0.2) is 134 Å². The lowest BCUT2D eigenvalue weighted by molar-refractivity contribution is 0.126. The van der Waals surface area contributed by atoms with Gasteiger partial charge in [0.15, 0.2) is 11.4 Å². The van der Waals surface area contributed by atoms with Crippen LogP contribution in [0.2, 0.25) is 0 Å². The summed E-state index contributed by atoms with van der Waals surface area (Å²) in [6.45, 7) is 0. The van der Waals surface area contributed by atoms with E-state index in [1.165, 1.54) is 10.8 Å². The molecule has 1 aliphatic rings. The molecule has 0 saturated carbocycles. The number of aliphatic hydroxyl groups is 1. The van der Waals surface area contributed by atoms with Gasteiger partial charge in [0.05, 0.1) is 22.4 Å². The van der Waals surface area contributed by atoms with Gasteiger partial charge in [0.2, 0.25) is 0 Å². The zero-order valence-corrected chi connectivity index (χ0v) is 21.0. The summed E-state index contributed by atoms with van der Waals surface area (Å²) in [7, 11) is 0. The van der Waals surface area contributed by atoms with Crippen molar-refractivity contribution in [3.63, 3.8) is 0 Å². The fourth-order valence-electron chi connectivity index (χ4n) is 6.17. The maximum Gasteiger partial charge on any atom is 0.160 e. The molecule has 7 aromatic rings. The highest BCUT2D eigenvalue weighted by atomic mass is 16.3. The van der Waals surface area contributed by atoms with E-state index < -0.39 is 5.60 Å². The highest BCUT2D eigenvalue weighted by Gasteiger charge is 2.46. The molecule has 0 bridgehead atoms. The average molecular weight is 502 g/mol. The molecule has 1 N–H and O–H groups in total. The molecule has 0 aliphatic heterocycles. The molecule has 1 atom stereocenters. The van der Waals surface area contributed by atoms with Gasteiger partial charge in [-0.05, 0) is 23.8 Å². The van der Waals surface area contributed by atoms with E-state index in [1.807, 2.05) is 79.0 Å². The molecule has 2 heterocycles. The molecule has 0 saturated heterocycles. The van der Waals surface area contributed by atoms with Crippen molar-refractivity contribution in [2.45, 2.75) is 5.60 Å². The first-order chi connectivity index (χ1) is 19.2. The summed E-state index contributed by atoms with van der Waals surface area (Å²) < 4.78 is 2.26. The quantitative estimate of drug-likeness (QED) is 0.273. The van der Waals surface area contributed by atoms with Gasteiger partial charge in [-0.3, -0.25) is 0 Å². The normalized spacial score (nSPS) is 15.9. The van der Waals surface area contributed by atoms with Crippen LogP contribution in [0.4, 0.5) is 0 Å². The monoisotopic (exact) mass is 501 g/mol. The van der Waals surface area contributed by atoms with Gasteiger partial charge in [-0.1, -0.05) is 109 Å². The van der Waals surface area contributed by atoms with Crippen LogP contribution in [-0.2, 0) is 5.60 Å². The van der Waals surface area contributed by atoms with E-state index in [0.29, 0.717) is 11.5 Å². The Morgan fingerprint density at radius 3 is 1.90 bits per heavy atom. The predicted octanol–water partition coefficient (Wildman–Crippen LogP) is 7.51. The zero-order chi connectivity index (χ0) is 26.0. The Morgan fingerprint density at radius 2 is 1.15 bits per heavy atom. The number of para-hydroxylation sites is 3. The van der Waals surface area contributed by atoms with Crippen LogP contribution in [-0.4, -0.2) is 19.6 Å². The number of hydrogen-bond acceptors (Lipinski definition) is 3. The molecule has 0 radical (unpaired) electrons. The molecular weight excluding hydrogens is 478 g/mol. The van der Waals surface area contributed by atoms with Crippen molar-refractivity contribution in [2.24, 2.45) is 0 Å². The van der Waals surface area contributed by atoms with Gasteiger partial charge in [-0.15, -0.1) is 0 Å². The molecule has 39 heavy (non-hydrogen) atoms. The Bertz CT molecular complexity index is 1990. The van der Waals surface area contributed by atoms with Gasteiger partial charge in [-0.25, -0.2) is 9.97 Å². The SMILES string of the molecule is OC1(c2ccccc2-n2c3ccccc3c3ccccc32)c2ccccc2-c2cnc(-c3ccccc3)nc21. The van der Waals surface area contributed by atoms with Gasteiger partial charge in [-0.2, -0.15) is 0 Å². The van der Waals surface area contributed by atoms with Crippen molar-refractivity contribution in [1.29, 1.82) is 0 Å². The van der Waals surface area contributed by atoms with Crippen molar-refractivity contribution in [1.82, 2.24) is 14.5 Å². The first kappa shape index (κ1) is 22.0. The number of rotatable bonds is 3. The molecule has 8 rings (SSSR count). The van der Waals surface area contributed by atoms with E-state index in [0.717, 1.165) is 44.5 Å². The molecule has 1 aliphatic carbocycles. The van der Waals surface area contributed by atoms with E-state index in [-0.39, 0.29) is 0 Å². The minimum atomic E-state index is -1.47. The fraction of sp³-hybridized carbons (Fsp3) is 0.0286. The molecule has 2 aromatic heterocycles. The third-order valence-electron chi connectivity index (χ3n) is 7.89. The molecule has 0 fully saturated rings. The molecule has 4 heteroatoms. The highest BCUT2D eigenvalue weighted by molar-refractivity contribution is 6.09. The van der Waals surface area contributed by atoms with Gasteiger partial charge >= 0.3 is 0 Å². The Balaban J connectivity index is 1.46. The van der Waals surface area contributed by atoms with Crippen LogP contribution in [0.5, 0.6) is 0 Å². The second kappa shape index (κ2) is 8.22. The van der Waals surface area contributed by atoms with Crippen LogP contribution >= 0.6 is 0 Å². The topological polar surface area (TPSA) is 50.9 Å². The molecule has 184 valence electrons. The van der Waals surface area contributed by atoms with Crippen molar-refractivity contribution in [2.75, 3.05) is 0 Å². The Labute approximate surface area is 225 Å². The standard InChI is InChI=1S/C35H23N3O/c39-35(28-17-7-4-14-24(28)27-22-36-34(37-33(27)35)23-12-2-1-3-13-23)29-18-8-11-21-32(29)38-30-19-9-5-15-25(30)26-16-6-10-20-31(26)38/h1-22,39H. The summed E-state index contributed by atoms with van der Waals surface area (Å²) in [5.74, 6) is 0.593. The second-order valence-electron chi connectivity index (χ2n) is 9.96. The third kappa shape index (κ3) is 3.03. The van der Waals surface area contributed by atoms with Crippen molar-refractivity contribution >= 4 is 21.8 Å². The van der Waals surface area contributed by atoms with E-state index in [2.05, 4.69) is 59.2 Å². The van der Waals surface area contributed by atoms with Gasteiger partial charge in [0.1, 0.15) is 0 Å². The van der Waals surface area contributed by atoms with E-state index in [4.69, 9.17) is 9.97 Å². The summed E-state index contributed by atoms with van der Waals surface area (Å²) in [5.41, 5.74) is 6.54. The minimum Gasteiger partial charge on any atom is -0.374 e. The van der Waals surface area contributed by atoms with E-state index in [1.54, 1.807) is 0 Å². The van der Waals surface area contributed by atoms with Crippen molar-refractivity contribution in [3.05, 3.63) is 150 Å². The number of nitrogens with zero attached hydrogens (tertiary/aromatic N) is 3. The van der Waals surface area contributed by atoms with Gasteiger partial charge < -0.3 is 9.67 Å². The summed E-state index contributed by atoms with van der Waals surface area (Å²) in [4.78, 5) is 9.75. The first-order valence-corrected chi connectivity index (χ1v) is 13.1. The molecule has 1 unspecified atom stereocenters. The Hall–Kier alpha value is -5.06. The van der Waals surface area contributed by atoms with Crippen molar-refractivity contribution < 1.29 is 5.11 Å². The average Bonchev–Trinajstić information content (AvgIpc) is 3.48. The Morgan fingerprint density at radius 1 is 0.564 bits per heavy atom. The first-order valence-electron chi connectivity index (χ1n) is 13.1. The van der Waals surface area contributed by atoms with Crippen LogP contribution < -0.4 is 0 Å². The van der Waals surface area contributed by atoms with Crippen LogP contribution in [0.25, 0.3) is 50.0 Å². The van der Waals surface area contributed by atoms with Gasteiger partial charge in [0, 0.05) is 39.2 Å². The predicted molar refractivity (Wildman–Crippen MR) is 156 cm³/mol. The Kier molecular flexibility index (Phi) is 4.63. The smallest absolute Gasteiger partial charge is 0.160 e. The number of benzene rings is 5. The second-order valence-corrected chi connectivity index (χ2v) is 9.96. The van der Waals surface area contributed by atoms with E-state index in [9.17, 15) is 5.11 Å². The summed E-state index contributed by atoms with van der Waals surface area (Å²) >= 11 is 0. The summed E-state index contributed by atoms with van der Waals surface area (Å²) in [5, 5.41) is 15.3. The molecule has 0 amide bonds. The fourth-order valence-corrected chi connectivity index (χ4v) is 6.17. The lowest BCUT2D eigenvalue weighted by Gasteiger charge is -2.28. The zero-order valence-electron chi connectivity index (χ0n) is 21.0. The summed E-state index contributed by atoms with van der Waals surface area (Å²) in [6, 6.07) is 42.9. The number of fused-ring (bicyclic) bond motifs is 6. The third-order valence-corrected chi connectivity index (χ3v) is 7.89. The number of hydrogen-bond donors (Lipinski definition) is 1. The number of aromatic nitrogens is 3. The molecule has 0 spiro atoms. The maximum absolute atomic E-state index is 13.0. The lowest BCUT2D eigenvalue weighted by atomic mass is 9.85. The van der Waals surface area contributed by atoms with E-state index >= 15 is 0 Å². The van der Waals surface area contributed by atoms with Crippen LogP contribution in [0, 0.1) is 0 Å². The van der Waals surface area contributed by atoms with Crippen LogP contribution in [0.1, 0.15) is 16.8 Å².